The van der Waals surface area contributed by atoms with Gasteiger partial charge in [-0.05, 0) is 43.5 Å². The van der Waals surface area contributed by atoms with Gasteiger partial charge in [0.05, 0.1) is 5.29 Å². The first kappa shape index (κ1) is 12.2. The fourth-order valence-corrected chi connectivity index (χ4v) is 1.30. The van der Waals surface area contributed by atoms with Crippen LogP contribution in [0.3, 0.4) is 0 Å². The molecule has 0 saturated carbocycles. The number of benzene rings is 1. The summed E-state index contributed by atoms with van der Waals surface area (Å²) in [5, 5.41) is 3.08. The number of nitrogens with zero attached hydrogens (tertiary/aromatic N) is 2. The van der Waals surface area contributed by atoms with E-state index in [0.29, 0.717) is 10.8 Å². The smallest absolute Gasteiger partial charge is 0.409 e. The molecule has 0 spiro atoms. The Labute approximate surface area is 94.0 Å². The lowest BCUT2D eigenvalue weighted by Gasteiger charge is -2.12. The van der Waals surface area contributed by atoms with Crippen molar-refractivity contribution in [1.82, 2.24) is 5.01 Å². The molecule has 5 heteroatoms. The van der Waals surface area contributed by atoms with Gasteiger partial charge in [0.1, 0.15) is 5.75 Å². The predicted molar refractivity (Wildman–Crippen MR) is 60.2 cm³/mol. The van der Waals surface area contributed by atoms with Gasteiger partial charge in [-0.1, -0.05) is 6.07 Å². The molecule has 0 heterocycles. The normalized spacial score (nSPS) is 9.75. The molecule has 5 nitrogen and oxygen atoms in total. The third-order valence-corrected chi connectivity index (χ3v) is 2.35. The number of ether oxygens (including phenoxy) is 1. The second-order valence-electron chi connectivity index (χ2n) is 3.68. The summed E-state index contributed by atoms with van der Waals surface area (Å²) in [6.45, 7) is 5.69. The maximum atomic E-state index is 11.3. The van der Waals surface area contributed by atoms with Gasteiger partial charge in [-0.2, -0.15) is 5.01 Å². The van der Waals surface area contributed by atoms with Crippen LogP contribution in [0.1, 0.15) is 16.7 Å². The van der Waals surface area contributed by atoms with Gasteiger partial charge in [0.15, 0.2) is 0 Å². The molecule has 0 aliphatic carbocycles. The number of carbonyl (C=O) groups excluding carboxylic acids is 1. The fraction of sp³-hybridized carbons (Fsp3) is 0.364. The van der Waals surface area contributed by atoms with Crippen LogP contribution in [0.5, 0.6) is 5.75 Å². The first-order chi connectivity index (χ1) is 7.45. The van der Waals surface area contributed by atoms with Crippen LogP contribution < -0.4 is 4.74 Å². The van der Waals surface area contributed by atoms with Crippen molar-refractivity contribution < 1.29 is 9.53 Å². The minimum atomic E-state index is -0.789. The van der Waals surface area contributed by atoms with Crippen molar-refractivity contribution in [3.05, 3.63) is 33.7 Å². The predicted octanol–water partition coefficient (Wildman–Crippen LogP) is 2.72. The molecule has 1 aromatic rings. The highest BCUT2D eigenvalue weighted by molar-refractivity contribution is 5.70. The van der Waals surface area contributed by atoms with Crippen LogP contribution in [0.15, 0.2) is 17.4 Å². The molecule has 0 N–H and O–H groups in total. The largest absolute Gasteiger partial charge is 0.438 e. The monoisotopic (exact) mass is 222 g/mol. The molecule has 0 atom stereocenters. The standard InChI is InChI=1S/C11H14N2O3/c1-7-5-8(2)9(3)10(6-7)16-11(14)13(4)12-15/h5-6H,1-4H3. The van der Waals surface area contributed by atoms with Crippen LogP contribution in [-0.4, -0.2) is 18.1 Å². The van der Waals surface area contributed by atoms with Crippen LogP contribution in [0, 0.1) is 25.7 Å². The zero-order chi connectivity index (χ0) is 12.3. The lowest BCUT2D eigenvalue weighted by molar-refractivity contribution is 0.163. The maximum Gasteiger partial charge on any atom is 0.438 e. The summed E-state index contributed by atoms with van der Waals surface area (Å²) < 4.78 is 5.05. The Hall–Kier alpha value is -1.91. The highest BCUT2D eigenvalue weighted by atomic mass is 16.6. The zero-order valence-electron chi connectivity index (χ0n) is 9.77. The minimum Gasteiger partial charge on any atom is -0.409 e. The molecule has 0 aliphatic rings. The van der Waals surface area contributed by atoms with Crippen molar-refractivity contribution in [2.75, 3.05) is 7.05 Å². The second-order valence-corrected chi connectivity index (χ2v) is 3.68. The highest BCUT2D eigenvalue weighted by Gasteiger charge is 2.13. The molecule has 0 bridgehead atoms. The molecular weight excluding hydrogens is 208 g/mol. The number of carbonyl (C=O) groups is 1. The molecule has 16 heavy (non-hydrogen) atoms. The SMILES string of the molecule is Cc1cc(C)c(C)c(OC(=O)N(C)N=O)c1. The average molecular weight is 222 g/mol. The summed E-state index contributed by atoms with van der Waals surface area (Å²) in [7, 11) is 1.24. The topological polar surface area (TPSA) is 59.0 Å². The first-order valence-corrected chi connectivity index (χ1v) is 4.82. The highest BCUT2D eigenvalue weighted by Crippen LogP contribution is 2.23. The molecule has 0 fully saturated rings. The number of nitroso groups, excluding NO2 is 1. The van der Waals surface area contributed by atoms with Gasteiger partial charge in [0.25, 0.3) is 0 Å². The molecule has 0 aromatic heterocycles. The number of rotatable bonds is 2. The zero-order valence-corrected chi connectivity index (χ0v) is 9.77. The van der Waals surface area contributed by atoms with Crippen molar-refractivity contribution in [1.29, 1.82) is 0 Å². The van der Waals surface area contributed by atoms with E-state index >= 15 is 0 Å². The van der Waals surface area contributed by atoms with E-state index in [2.05, 4.69) is 5.29 Å². The number of aryl methyl sites for hydroxylation is 2. The molecule has 86 valence electrons. The van der Waals surface area contributed by atoms with Crippen molar-refractivity contribution >= 4 is 6.09 Å². The summed E-state index contributed by atoms with van der Waals surface area (Å²) in [6, 6.07) is 3.74. The molecule has 1 amide bonds. The third-order valence-electron chi connectivity index (χ3n) is 2.35. The third kappa shape index (κ3) is 2.56. The van der Waals surface area contributed by atoms with E-state index in [4.69, 9.17) is 4.74 Å². The van der Waals surface area contributed by atoms with Gasteiger partial charge in [-0.3, -0.25) is 0 Å². The summed E-state index contributed by atoms with van der Waals surface area (Å²) in [4.78, 5) is 21.5. The molecule has 0 radical (unpaired) electrons. The summed E-state index contributed by atoms with van der Waals surface area (Å²) in [6.07, 6.45) is -0.789. The van der Waals surface area contributed by atoms with E-state index in [1.807, 2.05) is 26.8 Å². The molecule has 0 saturated heterocycles. The summed E-state index contributed by atoms with van der Waals surface area (Å²) in [5.74, 6) is 0.456. The Morgan fingerprint density at radius 2 is 1.94 bits per heavy atom. The Balaban J connectivity index is 2.97. The Bertz CT molecular complexity index is 429. The van der Waals surface area contributed by atoms with Crippen LogP contribution in [0.25, 0.3) is 0 Å². The number of amides is 1. The fourth-order valence-electron chi connectivity index (χ4n) is 1.30. The maximum absolute atomic E-state index is 11.3. The van der Waals surface area contributed by atoms with Gasteiger partial charge in [-0.25, -0.2) is 4.79 Å². The Kier molecular flexibility index (Phi) is 3.60. The van der Waals surface area contributed by atoms with Crippen molar-refractivity contribution in [3.63, 3.8) is 0 Å². The van der Waals surface area contributed by atoms with Crippen LogP contribution in [-0.2, 0) is 0 Å². The Morgan fingerprint density at radius 1 is 1.31 bits per heavy atom. The van der Waals surface area contributed by atoms with Crippen LogP contribution in [0.2, 0.25) is 0 Å². The summed E-state index contributed by atoms with van der Waals surface area (Å²) >= 11 is 0. The van der Waals surface area contributed by atoms with Crippen LogP contribution in [0.4, 0.5) is 4.79 Å². The van der Waals surface area contributed by atoms with Crippen LogP contribution >= 0.6 is 0 Å². The quantitative estimate of drug-likeness (QED) is 0.571. The van der Waals surface area contributed by atoms with E-state index < -0.39 is 6.09 Å². The minimum absolute atomic E-state index is 0.456. The molecule has 1 rings (SSSR count). The lowest BCUT2D eigenvalue weighted by atomic mass is 10.1. The first-order valence-electron chi connectivity index (χ1n) is 4.82. The van der Waals surface area contributed by atoms with E-state index in [1.54, 1.807) is 6.07 Å². The number of hydrogen-bond acceptors (Lipinski definition) is 4. The summed E-state index contributed by atoms with van der Waals surface area (Å²) in [5.41, 5.74) is 2.90. The van der Waals surface area contributed by atoms with Gasteiger partial charge in [0.2, 0.25) is 0 Å². The average Bonchev–Trinajstić information content (AvgIpc) is 2.23. The van der Waals surface area contributed by atoms with Gasteiger partial charge < -0.3 is 4.74 Å². The van der Waals surface area contributed by atoms with Gasteiger partial charge >= 0.3 is 6.09 Å². The van der Waals surface area contributed by atoms with Crippen molar-refractivity contribution in [2.45, 2.75) is 20.8 Å². The molecule has 0 aliphatic heterocycles. The molecule has 0 unspecified atom stereocenters. The van der Waals surface area contributed by atoms with E-state index in [1.165, 1.54) is 7.05 Å². The molecular formula is C11H14N2O3. The lowest BCUT2D eigenvalue weighted by Crippen LogP contribution is -2.24. The van der Waals surface area contributed by atoms with Gasteiger partial charge in [-0.15, -0.1) is 4.91 Å². The van der Waals surface area contributed by atoms with E-state index in [9.17, 15) is 9.70 Å². The Morgan fingerprint density at radius 3 is 2.50 bits per heavy atom. The second kappa shape index (κ2) is 4.74. The van der Waals surface area contributed by atoms with Gasteiger partial charge in [0, 0.05) is 7.05 Å². The van der Waals surface area contributed by atoms with Crippen molar-refractivity contribution in [3.8, 4) is 5.75 Å². The van der Waals surface area contributed by atoms with E-state index in [0.717, 1.165) is 16.7 Å². The number of hydrogen-bond donors (Lipinski definition) is 0. The molecule has 1 aromatic carbocycles. The van der Waals surface area contributed by atoms with Crippen molar-refractivity contribution in [2.24, 2.45) is 5.29 Å². The van der Waals surface area contributed by atoms with E-state index in [-0.39, 0.29) is 0 Å².